The van der Waals surface area contributed by atoms with E-state index in [1.165, 1.54) is 0 Å². The summed E-state index contributed by atoms with van der Waals surface area (Å²) in [5, 5.41) is -0.534. The number of nitrogens with zero attached hydrogens (tertiary/aromatic N) is 1. The van der Waals surface area contributed by atoms with Crippen LogP contribution in [0.15, 0.2) is 15.0 Å². The van der Waals surface area contributed by atoms with Crippen molar-refractivity contribution in [2.75, 3.05) is 0 Å². The Labute approximate surface area is 86.5 Å². The summed E-state index contributed by atoms with van der Waals surface area (Å²) in [4.78, 5) is 11.1. The minimum Gasteiger partial charge on any atom is -0.396 e. The first kappa shape index (κ1) is 11.3. The quantitative estimate of drug-likeness (QED) is 0.739. The molecule has 0 spiro atoms. The lowest BCUT2D eigenvalue weighted by Crippen LogP contribution is -2.12. The molecule has 0 aromatic carbocycles. The third-order valence-electron chi connectivity index (χ3n) is 1.38. The highest BCUT2D eigenvalue weighted by Gasteiger charge is 2.31. The summed E-state index contributed by atoms with van der Waals surface area (Å²) in [7, 11) is -3.83. The van der Waals surface area contributed by atoms with Crippen LogP contribution in [0.2, 0.25) is 0 Å². The lowest BCUT2D eigenvalue weighted by Gasteiger charge is -2.03. The number of hydrogen-bond donors (Lipinski definition) is 1. The molecular formula is C7H10N2O3S2. The predicted molar refractivity (Wildman–Crippen MR) is 56.4 cm³/mol. The highest BCUT2D eigenvalue weighted by atomic mass is 32.2. The number of carbonyl (C=O) groups is 1. The minimum absolute atomic E-state index is 0.0126. The highest BCUT2D eigenvalue weighted by Crippen LogP contribution is 2.25. The summed E-state index contributed by atoms with van der Waals surface area (Å²) < 4.78 is 25.6. The Balaban J connectivity index is 3.01. The molecule has 5 nitrogen and oxygen atoms in total. The number of sulfonamides is 1. The molecule has 0 aliphatic carbocycles. The van der Waals surface area contributed by atoms with E-state index in [1.807, 2.05) is 0 Å². The van der Waals surface area contributed by atoms with Crippen molar-refractivity contribution in [3.63, 3.8) is 0 Å². The Morgan fingerprint density at radius 2 is 2.14 bits per heavy atom. The zero-order chi connectivity index (χ0) is 10.9. The molecule has 0 aromatic rings. The predicted octanol–water partition coefficient (Wildman–Crippen LogP) is 0.239. The Hall–Kier alpha value is -0.820. The number of rotatable bonds is 2. The Kier molecular flexibility index (Phi) is 3.01. The lowest BCUT2D eigenvalue weighted by atomic mass is 10.4. The van der Waals surface area contributed by atoms with Crippen LogP contribution in [0.1, 0.15) is 13.8 Å². The molecule has 0 amide bonds. The molecule has 78 valence electrons. The monoisotopic (exact) mass is 234 g/mol. The first-order chi connectivity index (χ1) is 6.34. The molecule has 0 radical (unpaired) electrons. The van der Waals surface area contributed by atoms with Gasteiger partial charge in [0.2, 0.25) is 5.12 Å². The third kappa shape index (κ3) is 2.16. The molecule has 1 aliphatic heterocycles. The molecule has 0 aromatic heterocycles. The summed E-state index contributed by atoms with van der Waals surface area (Å²) in [5.74, 6) is 0. The molecule has 2 N–H and O–H groups in total. The fraction of sp³-hybridized carbons (Fsp3) is 0.429. The van der Waals surface area contributed by atoms with E-state index >= 15 is 0 Å². The topological polar surface area (TPSA) is 89.6 Å². The molecule has 1 heterocycles. The van der Waals surface area contributed by atoms with Gasteiger partial charge in [0.1, 0.15) is 0 Å². The van der Waals surface area contributed by atoms with Crippen LogP contribution in [0.4, 0.5) is 0 Å². The van der Waals surface area contributed by atoms with Gasteiger partial charge in [-0.2, -0.15) is 12.8 Å². The maximum atomic E-state index is 11.4. The standard InChI is InChI=1S/C7H10N2O3S2/c1-4(2)13-7(10)6-5(8)3-9-14(6,11)12/h3-4H,8H2,1-2H3. The molecule has 1 rings (SSSR count). The zero-order valence-corrected chi connectivity index (χ0v) is 9.35. The summed E-state index contributed by atoms with van der Waals surface area (Å²) in [6.07, 6.45) is 0.990. The first-order valence-corrected chi connectivity index (χ1v) is 6.17. The molecular weight excluding hydrogens is 224 g/mol. The molecule has 7 heteroatoms. The van der Waals surface area contributed by atoms with Crippen LogP contribution in [0.5, 0.6) is 0 Å². The minimum atomic E-state index is -3.83. The van der Waals surface area contributed by atoms with E-state index < -0.39 is 20.0 Å². The van der Waals surface area contributed by atoms with Crippen LogP contribution in [-0.2, 0) is 14.8 Å². The van der Waals surface area contributed by atoms with E-state index in [2.05, 4.69) is 4.40 Å². The van der Waals surface area contributed by atoms with Crippen LogP contribution in [0.25, 0.3) is 0 Å². The fourth-order valence-electron chi connectivity index (χ4n) is 0.877. The van der Waals surface area contributed by atoms with Crippen LogP contribution in [-0.4, -0.2) is 25.0 Å². The van der Waals surface area contributed by atoms with Gasteiger partial charge < -0.3 is 5.73 Å². The van der Waals surface area contributed by atoms with Crippen LogP contribution >= 0.6 is 11.8 Å². The van der Waals surface area contributed by atoms with Gasteiger partial charge in [-0.05, 0) is 0 Å². The van der Waals surface area contributed by atoms with Crippen molar-refractivity contribution in [2.45, 2.75) is 19.1 Å². The van der Waals surface area contributed by atoms with Gasteiger partial charge in [-0.1, -0.05) is 25.6 Å². The smallest absolute Gasteiger partial charge is 0.288 e. The van der Waals surface area contributed by atoms with Crippen molar-refractivity contribution < 1.29 is 13.2 Å². The second kappa shape index (κ2) is 3.74. The number of hydrogen-bond acceptors (Lipinski definition) is 5. The van der Waals surface area contributed by atoms with E-state index in [1.54, 1.807) is 13.8 Å². The SMILES string of the molecule is CC(C)SC(=O)C1=C(N)C=NS1(=O)=O. The third-order valence-corrected chi connectivity index (χ3v) is 3.72. The Bertz CT molecular complexity index is 420. The molecule has 0 saturated heterocycles. The van der Waals surface area contributed by atoms with E-state index in [0.717, 1.165) is 18.0 Å². The fourth-order valence-corrected chi connectivity index (χ4v) is 2.91. The van der Waals surface area contributed by atoms with Crippen molar-refractivity contribution in [2.24, 2.45) is 10.1 Å². The van der Waals surface area contributed by atoms with E-state index in [0.29, 0.717) is 0 Å². The summed E-state index contributed by atoms with van der Waals surface area (Å²) >= 11 is 0.922. The molecule has 0 atom stereocenters. The molecule has 0 bridgehead atoms. The van der Waals surface area contributed by atoms with Crippen molar-refractivity contribution in [3.8, 4) is 0 Å². The largest absolute Gasteiger partial charge is 0.396 e. The number of allylic oxidation sites excluding steroid dienone is 1. The van der Waals surface area contributed by atoms with Gasteiger partial charge in [0, 0.05) is 5.25 Å². The van der Waals surface area contributed by atoms with Gasteiger partial charge in [0.15, 0.2) is 4.91 Å². The van der Waals surface area contributed by atoms with Gasteiger partial charge in [0.05, 0.1) is 11.9 Å². The molecule has 1 aliphatic rings. The van der Waals surface area contributed by atoms with Crippen molar-refractivity contribution in [1.29, 1.82) is 0 Å². The molecule has 0 saturated carbocycles. The van der Waals surface area contributed by atoms with E-state index in [4.69, 9.17) is 5.73 Å². The summed E-state index contributed by atoms with van der Waals surface area (Å²) in [6.45, 7) is 3.59. The molecule has 14 heavy (non-hydrogen) atoms. The highest BCUT2D eigenvalue weighted by molar-refractivity contribution is 8.16. The summed E-state index contributed by atoms with van der Waals surface area (Å²) in [6, 6.07) is 0. The van der Waals surface area contributed by atoms with E-state index in [9.17, 15) is 13.2 Å². The van der Waals surface area contributed by atoms with Gasteiger partial charge >= 0.3 is 0 Å². The second-order valence-corrected chi connectivity index (χ2v) is 6.07. The van der Waals surface area contributed by atoms with Gasteiger partial charge in [-0.3, -0.25) is 4.79 Å². The maximum absolute atomic E-state index is 11.4. The Morgan fingerprint density at radius 1 is 1.57 bits per heavy atom. The number of nitrogens with two attached hydrogens (primary N) is 1. The van der Waals surface area contributed by atoms with Gasteiger partial charge in [-0.15, -0.1) is 0 Å². The Morgan fingerprint density at radius 3 is 2.50 bits per heavy atom. The van der Waals surface area contributed by atoms with Crippen molar-refractivity contribution >= 4 is 33.1 Å². The molecule has 0 fully saturated rings. The average molecular weight is 234 g/mol. The van der Waals surface area contributed by atoms with Crippen LogP contribution < -0.4 is 5.73 Å². The van der Waals surface area contributed by atoms with E-state index in [-0.39, 0.29) is 10.9 Å². The average Bonchev–Trinajstić information content (AvgIpc) is 2.24. The number of thioether (sulfide) groups is 1. The van der Waals surface area contributed by atoms with Crippen molar-refractivity contribution in [3.05, 3.63) is 10.6 Å². The van der Waals surface area contributed by atoms with Gasteiger partial charge in [0.25, 0.3) is 10.0 Å². The van der Waals surface area contributed by atoms with Crippen molar-refractivity contribution in [1.82, 2.24) is 0 Å². The zero-order valence-electron chi connectivity index (χ0n) is 7.72. The van der Waals surface area contributed by atoms with Gasteiger partial charge in [-0.25, -0.2) is 0 Å². The van der Waals surface area contributed by atoms with Crippen LogP contribution in [0, 0.1) is 0 Å². The lowest BCUT2D eigenvalue weighted by molar-refractivity contribution is -0.107. The molecule has 0 unspecified atom stereocenters. The number of carbonyl (C=O) groups excluding carboxylic acids is 1. The normalized spacial score (nSPS) is 19.4. The first-order valence-electron chi connectivity index (χ1n) is 3.85. The summed E-state index contributed by atoms with van der Waals surface area (Å²) in [5.41, 5.74) is 5.27. The maximum Gasteiger partial charge on any atom is 0.288 e. The second-order valence-electron chi connectivity index (χ2n) is 2.95. The van der Waals surface area contributed by atoms with Crippen LogP contribution in [0.3, 0.4) is 0 Å².